The molecular formula is C7H14I. The molecule has 0 aliphatic rings. The SMILES string of the molecule is [CH2]C(I)CCCCC. The summed E-state index contributed by atoms with van der Waals surface area (Å²) in [5.41, 5.74) is 0. The zero-order chi connectivity index (χ0) is 6.41. The Balaban J connectivity index is 2.72. The molecule has 1 atom stereocenters. The summed E-state index contributed by atoms with van der Waals surface area (Å²) < 4.78 is 0.624. The Kier molecular flexibility index (Phi) is 6.39. The second-order valence-corrected chi connectivity index (χ2v) is 3.85. The van der Waals surface area contributed by atoms with Gasteiger partial charge in [0.15, 0.2) is 0 Å². The van der Waals surface area contributed by atoms with Gasteiger partial charge in [0.05, 0.1) is 0 Å². The molecule has 0 heterocycles. The summed E-state index contributed by atoms with van der Waals surface area (Å²) in [7, 11) is 0. The lowest BCUT2D eigenvalue weighted by Crippen LogP contribution is -1.88. The maximum atomic E-state index is 3.90. The standard InChI is InChI=1S/C7H14I/c1-3-4-5-6-7(2)8/h7H,2-6H2,1H3. The van der Waals surface area contributed by atoms with Crippen LogP contribution in [-0.4, -0.2) is 3.92 Å². The monoisotopic (exact) mass is 225 g/mol. The predicted molar refractivity (Wildman–Crippen MR) is 47.3 cm³/mol. The van der Waals surface area contributed by atoms with Gasteiger partial charge in [-0.3, -0.25) is 0 Å². The molecule has 0 fully saturated rings. The molecule has 0 spiro atoms. The van der Waals surface area contributed by atoms with E-state index >= 15 is 0 Å². The molecule has 0 saturated carbocycles. The smallest absolute Gasteiger partial charge is 0.0110 e. The van der Waals surface area contributed by atoms with Gasteiger partial charge >= 0.3 is 0 Å². The second-order valence-electron chi connectivity index (χ2n) is 2.09. The Morgan fingerprint density at radius 3 is 2.50 bits per heavy atom. The molecule has 1 unspecified atom stereocenters. The number of unbranched alkanes of at least 4 members (excludes halogenated alkanes) is 2. The van der Waals surface area contributed by atoms with Gasteiger partial charge in [-0.15, -0.1) is 0 Å². The minimum Gasteiger partial charge on any atom is -0.0826 e. The van der Waals surface area contributed by atoms with Crippen molar-refractivity contribution in [1.82, 2.24) is 0 Å². The molecule has 49 valence electrons. The molecule has 0 aromatic heterocycles. The van der Waals surface area contributed by atoms with Gasteiger partial charge in [-0.2, -0.15) is 0 Å². The van der Waals surface area contributed by atoms with Gasteiger partial charge in [-0.1, -0.05) is 48.8 Å². The molecule has 0 bridgehead atoms. The van der Waals surface area contributed by atoms with Gasteiger partial charge in [0.25, 0.3) is 0 Å². The van der Waals surface area contributed by atoms with E-state index in [2.05, 4.69) is 36.4 Å². The molecule has 0 nitrogen and oxygen atoms in total. The fourth-order valence-corrected chi connectivity index (χ4v) is 1.06. The highest BCUT2D eigenvalue weighted by molar-refractivity contribution is 14.1. The van der Waals surface area contributed by atoms with Crippen LogP contribution in [0, 0.1) is 6.92 Å². The molecule has 0 aliphatic heterocycles. The Morgan fingerprint density at radius 1 is 1.50 bits per heavy atom. The van der Waals surface area contributed by atoms with Crippen molar-refractivity contribution in [3.8, 4) is 0 Å². The summed E-state index contributed by atoms with van der Waals surface area (Å²) >= 11 is 2.37. The van der Waals surface area contributed by atoms with Crippen LogP contribution in [0.5, 0.6) is 0 Å². The molecule has 0 amide bonds. The first kappa shape index (κ1) is 8.73. The van der Waals surface area contributed by atoms with E-state index in [1.807, 2.05) is 0 Å². The largest absolute Gasteiger partial charge is 0.0826 e. The lowest BCUT2D eigenvalue weighted by atomic mass is 10.2. The van der Waals surface area contributed by atoms with Crippen molar-refractivity contribution in [2.24, 2.45) is 0 Å². The molecule has 0 aromatic carbocycles. The molecule has 0 rings (SSSR count). The topological polar surface area (TPSA) is 0 Å². The maximum absolute atomic E-state index is 3.90. The Labute approximate surface area is 66.2 Å². The fourth-order valence-electron chi connectivity index (χ4n) is 0.616. The third-order valence-corrected chi connectivity index (χ3v) is 1.74. The van der Waals surface area contributed by atoms with Crippen LogP contribution in [0.2, 0.25) is 0 Å². The molecule has 0 aromatic rings. The van der Waals surface area contributed by atoms with Crippen molar-refractivity contribution in [2.45, 2.75) is 36.5 Å². The quantitative estimate of drug-likeness (QED) is 0.391. The molecule has 8 heavy (non-hydrogen) atoms. The molecule has 1 heteroatoms. The number of hydrogen-bond donors (Lipinski definition) is 0. The van der Waals surface area contributed by atoms with E-state index in [1.165, 1.54) is 25.7 Å². The lowest BCUT2D eigenvalue weighted by molar-refractivity contribution is 0.687. The first-order chi connectivity index (χ1) is 3.77. The Hall–Kier alpha value is 0.730. The zero-order valence-electron chi connectivity index (χ0n) is 5.49. The average Bonchev–Trinajstić information content (AvgIpc) is 1.66. The van der Waals surface area contributed by atoms with Crippen molar-refractivity contribution >= 4 is 22.6 Å². The van der Waals surface area contributed by atoms with Crippen molar-refractivity contribution in [1.29, 1.82) is 0 Å². The molecule has 0 aliphatic carbocycles. The molecule has 1 radical (unpaired) electrons. The fraction of sp³-hybridized carbons (Fsp3) is 0.857. The summed E-state index contributed by atoms with van der Waals surface area (Å²) in [5, 5.41) is 0. The van der Waals surface area contributed by atoms with Crippen LogP contribution in [0.4, 0.5) is 0 Å². The zero-order valence-corrected chi connectivity index (χ0v) is 7.65. The average molecular weight is 225 g/mol. The number of rotatable bonds is 4. The highest BCUT2D eigenvalue weighted by Gasteiger charge is 1.92. The van der Waals surface area contributed by atoms with Crippen LogP contribution in [0.15, 0.2) is 0 Å². The van der Waals surface area contributed by atoms with E-state index in [1.54, 1.807) is 0 Å². The van der Waals surface area contributed by atoms with E-state index in [0.717, 1.165) is 0 Å². The van der Waals surface area contributed by atoms with Gasteiger partial charge in [-0.05, 0) is 13.3 Å². The highest BCUT2D eigenvalue weighted by atomic mass is 127. The van der Waals surface area contributed by atoms with Crippen LogP contribution in [0.1, 0.15) is 32.6 Å². The van der Waals surface area contributed by atoms with Gasteiger partial charge < -0.3 is 0 Å². The normalized spacial score (nSPS) is 13.9. The Morgan fingerprint density at radius 2 is 2.12 bits per heavy atom. The van der Waals surface area contributed by atoms with Crippen LogP contribution in [-0.2, 0) is 0 Å². The summed E-state index contributed by atoms with van der Waals surface area (Å²) in [4.78, 5) is 0. The third kappa shape index (κ3) is 6.73. The van der Waals surface area contributed by atoms with E-state index in [0.29, 0.717) is 3.92 Å². The number of alkyl halides is 1. The van der Waals surface area contributed by atoms with Gasteiger partial charge in [0.2, 0.25) is 0 Å². The molecule has 0 N–H and O–H groups in total. The maximum Gasteiger partial charge on any atom is 0.0110 e. The van der Waals surface area contributed by atoms with Crippen LogP contribution < -0.4 is 0 Å². The van der Waals surface area contributed by atoms with E-state index in [9.17, 15) is 0 Å². The van der Waals surface area contributed by atoms with Crippen molar-refractivity contribution in [3.63, 3.8) is 0 Å². The van der Waals surface area contributed by atoms with Crippen molar-refractivity contribution in [3.05, 3.63) is 6.92 Å². The van der Waals surface area contributed by atoms with Crippen molar-refractivity contribution in [2.75, 3.05) is 0 Å². The lowest BCUT2D eigenvalue weighted by Gasteiger charge is -1.98. The minimum atomic E-state index is 0.624. The number of hydrogen-bond acceptors (Lipinski definition) is 0. The first-order valence-corrected chi connectivity index (χ1v) is 4.49. The van der Waals surface area contributed by atoms with Crippen molar-refractivity contribution < 1.29 is 0 Å². The van der Waals surface area contributed by atoms with Gasteiger partial charge in [0.1, 0.15) is 0 Å². The predicted octanol–water partition coefficient (Wildman–Crippen LogP) is 3.20. The van der Waals surface area contributed by atoms with Gasteiger partial charge in [-0.25, -0.2) is 0 Å². The molecular weight excluding hydrogens is 211 g/mol. The minimum absolute atomic E-state index is 0.624. The summed E-state index contributed by atoms with van der Waals surface area (Å²) in [5.74, 6) is 0. The third-order valence-electron chi connectivity index (χ3n) is 1.12. The van der Waals surface area contributed by atoms with Crippen LogP contribution in [0.25, 0.3) is 0 Å². The van der Waals surface area contributed by atoms with Crippen LogP contribution >= 0.6 is 22.6 Å². The summed E-state index contributed by atoms with van der Waals surface area (Å²) in [6.07, 6.45) is 5.33. The van der Waals surface area contributed by atoms with E-state index in [4.69, 9.17) is 0 Å². The van der Waals surface area contributed by atoms with Gasteiger partial charge in [0, 0.05) is 3.92 Å². The highest BCUT2D eigenvalue weighted by Crippen LogP contribution is 2.09. The second kappa shape index (κ2) is 5.86. The van der Waals surface area contributed by atoms with E-state index < -0.39 is 0 Å². The summed E-state index contributed by atoms with van der Waals surface area (Å²) in [6, 6.07) is 0. The number of halogens is 1. The van der Waals surface area contributed by atoms with E-state index in [-0.39, 0.29) is 0 Å². The Bertz CT molecular complexity index is 41.7. The summed E-state index contributed by atoms with van der Waals surface area (Å²) in [6.45, 7) is 6.12. The molecule has 0 saturated heterocycles. The van der Waals surface area contributed by atoms with Crippen LogP contribution in [0.3, 0.4) is 0 Å². The first-order valence-electron chi connectivity index (χ1n) is 3.24.